The molecule has 2 N–H and O–H groups in total. The Labute approximate surface area is 98.0 Å². The van der Waals surface area contributed by atoms with Crippen molar-refractivity contribution in [1.82, 2.24) is 20.1 Å². The maximum Gasteiger partial charge on any atom is 0.261 e. The molecule has 0 saturated heterocycles. The minimum absolute atomic E-state index is 0.303. The first kappa shape index (κ1) is 11.6. The third-order valence-electron chi connectivity index (χ3n) is 2.19. The van der Waals surface area contributed by atoms with E-state index < -0.39 is 5.54 Å². The Morgan fingerprint density at radius 1 is 1.41 bits per heavy atom. The molecule has 0 aliphatic carbocycles. The van der Waals surface area contributed by atoms with Gasteiger partial charge in [-0.15, -0.1) is 0 Å². The molecule has 2 aromatic heterocycles. The largest absolute Gasteiger partial charge is 0.382 e. The summed E-state index contributed by atoms with van der Waals surface area (Å²) in [6.45, 7) is 2.07. The Bertz CT molecular complexity index is 482. The molecular formula is C10H13N5O2. The highest BCUT2D eigenvalue weighted by molar-refractivity contribution is 5.48. The van der Waals surface area contributed by atoms with Crippen molar-refractivity contribution in [2.75, 3.05) is 13.7 Å². The Kier molecular flexibility index (Phi) is 3.12. The van der Waals surface area contributed by atoms with E-state index >= 15 is 0 Å². The minimum Gasteiger partial charge on any atom is -0.382 e. The number of ether oxygens (including phenoxy) is 1. The highest BCUT2D eigenvalue weighted by atomic mass is 16.5. The van der Waals surface area contributed by atoms with Gasteiger partial charge < -0.3 is 15.0 Å². The van der Waals surface area contributed by atoms with Crippen LogP contribution in [0.1, 0.15) is 12.7 Å². The van der Waals surface area contributed by atoms with Gasteiger partial charge in [-0.3, -0.25) is 0 Å². The number of aromatic nitrogens is 4. The molecule has 2 heterocycles. The van der Waals surface area contributed by atoms with Gasteiger partial charge in [0.15, 0.2) is 5.82 Å². The van der Waals surface area contributed by atoms with Crippen LogP contribution in [0.3, 0.4) is 0 Å². The van der Waals surface area contributed by atoms with E-state index in [1.54, 1.807) is 26.4 Å². The number of methoxy groups -OCH3 is 1. The molecule has 0 saturated carbocycles. The number of nitrogens with two attached hydrogens (primary N) is 1. The molecule has 0 bridgehead atoms. The van der Waals surface area contributed by atoms with E-state index in [2.05, 4.69) is 20.1 Å². The number of rotatable bonds is 4. The molecule has 0 amide bonds. The first-order valence-corrected chi connectivity index (χ1v) is 5.01. The van der Waals surface area contributed by atoms with Gasteiger partial charge in [-0.1, -0.05) is 5.16 Å². The van der Waals surface area contributed by atoms with Gasteiger partial charge in [0.25, 0.3) is 5.89 Å². The molecule has 90 valence electrons. The highest BCUT2D eigenvalue weighted by Gasteiger charge is 2.27. The molecule has 0 radical (unpaired) electrons. The van der Waals surface area contributed by atoms with Crippen LogP contribution in [0.5, 0.6) is 0 Å². The summed E-state index contributed by atoms with van der Waals surface area (Å²) in [6, 6.07) is 0. The van der Waals surface area contributed by atoms with Crippen LogP contribution in [0.2, 0.25) is 0 Å². The molecule has 2 rings (SSSR count). The molecule has 0 aliphatic rings. The highest BCUT2D eigenvalue weighted by Crippen LogP contribution is 2.19. The Morgan fingerprint density at radius 2 is 2.12 bits per heavy atom. The average molecular weight is 235 g/mol. The average Bonchev–Trinajstić information content (AvgIpc) is 2.80. The van der Waals surface area contributed by atoms with Crippen LogP contribution in [0.4, 0.5) is 0 Å². The number of hydrogen-bond donors (Lipinski definition) is 1. The lowest BCUT2D eigenvalue weighted by atomic mass is 10.1. The van der Waals surface area contributed by atoms with Crippen molar-refractivity contribution in [2.24, 2.45) is 5.73 Å². The molecule has 2 aromatic rings. The molecule has 7 heteroatoms. The van der Waals surface area contributed by atoms with Crippen LogP contribution in [0.25, 0.3) is 11.5 Å². The van der Waals surface area contributed by atoms with Crippen molar-refractivity contribution in [3.05, 3.63) is 24.5 Å². The van der Waals surface area contributed by atoms with E-state index in [0.717, 1.165) is 0 Å². The van der Waals surface area contributed by atoms with Gasteiger partial charge in [0.05, 0.1) is 12.2 Å². The molecule has 1 atom stereocenters. The zero-order valence-electron chi connectivity index (χ0n) is 9.62. The van der Waals surface area contributed by atoms with E-state index in [0.29, 0.717) is 23.9 Å². The van der Waals surface area contributed by atoms with Gasteiger partial charge in [-0.25, -0.2) is 9.97 Å². The van der Waals surface area contributed by atoms with E-state index in [1.807, 2.05) is 0 Å². The maximum absolute atomic E-state index is 6.00. The summed E-state index contributed by atoms with van der Waals surface area (Å²) < 4.78 is 10.1. The summed E-state index contributed by atoms with van der Waals surface area (Å²) in [5.74, 6) is 0.728. The molecule has 0 fully saturated rings. The van der Waals surface area contributed by atoms with Crippen LogP contribution in [-0.4, -0.2) is 33.8 Å². The lowest BCUT2D eigenvalue weighted by molar-refractivity contribution is 0.135. The SMILES string of the molecule is COCC(C)(N)c1noc(-c2cncnc2)n1. The van der Waals surface area contributed by atoms with E-state index in [4.69, 9.17) is 15.0 Å². The molecule has 0 aliphatic heterocycles. The molecule has 0 spiro atoms. The van der Waals surface area contributed by atoms with Crippen molar-refractivity contribution in [3.63, 3.8) is 0 Å². The van der Waals surface area contributed by atoms with Crippen LogP contribution < -0.4 is 5.73 Å². The maximum atomic E-state index is 6.00. The van der Waals surface area contributed by atoms with Gasteiger partial charge in [-0.05, 0) is 6.92 Å². The third-order valence-corrected chi connectivity index (χ3v) is 2.19. The van der Waals surface area contributed by atoms with Crippen molar-refractivity contribution >= 4 is 0 Å². The Balaban J connectivity index is 2.28. The van der Waals surface area contributed by atoms with Crippen LogP contribution >= 0.6 is 0 Å². The zero-order chi connectivity index (χ0) is 12.3. The fourth-order valence-electron chi connectivity index (χ4n) is 1.35. The Morgan fingerprint density at radius 3 is 2.76 bits per heavy atom. The van der Waals surface area contributed by atoms with Crippen LogP contribution in [0.15, 0.2) is 23.2 Å². The monoisotopic (exact) mass is 235 g/mol. The lowest BCUT2D eigenvalue weighted by Gasteiger charge is -2.18. The summed E-state index contributed by atoms with van der Waals surface area (Å²) in [6.07, 6.45) is 4.61. The summed E-state index contributed by atoms with van der Waals surface area (Å²) in [5, 5.41) is 3.84. The fraction of sp³-hybridized carbons (Fsp3) is 0.400. The first-order chi connectivity index (χ1) is 8.13. The van der Waals surface area contributed by atoms with Gasteiger partial charge in [0.1, 0.15) is 11.9 Å². The predicted molar refractivity (Wildman–Crippen MR) is 58.7 cm³/mol. The normalized spacial score (nSPS) is 14.5. The summed E-state index contributed by atoms with van der Waals surface area (Å²) >= 11 is 0. The zero-order valence-corrected chi connectivity index (χ0v) is 9.62. The molecule has 7 nitrogen and oxygen atoms in total. The van der Waals surface area contributed by atoms with E-state index in [9.17, 15) is 0 Å². The van der Waals surface area contributed by atoms with Crippen molar-refractivity contribution in [1.29, 1.82) is 0 Å². The van der Waals surface area contributed by atoms with Crippen molar-refractivity contribution in [2.45, 2.75) is 12.5 Å². The van der Waals surface area contributed by atoms with Gasteiger partial charge >= 0.3 is 0 Å². The number of nitrogens with zero attached hydrogens (tertiary/aromatic N) is 4. The quantitative estimate of drug-likeness (QED) is 0.815. The number of hydrogen-bond acceptors (Lipinski definition) is 7. The third kappa shape index (κ3) is 2.45. The topological polar surface area (TPSA) is 100.0 Å². The molecular weight excluding hydrogens is 222 g/mol. The fourth-order valence-corrected chi connectivity index (χ4v) is 1.35. The smallest absolute Gasteiger partial charge is 0.261 e. The van der Waals surface area contributed by atoms with Gasteiger partial charge in [0.2, 0.25) is 0 Å². The lowest BCUT2D eigenvalue weighted by Crippen LogP contribution is -2.38. The van der Waals surface area contributed by atoms with E-state index in [1.165, 1.54) is 6.33 Å². The second-order valence-electron chi connectivity index (χ2n) is 3.90. The second-order valence-corrected chi connectivity index (χ2v) is 3.90. The Hall–Kier alpha value is -1.86. The standard InChI is InChI=1S/C10H13N5O2/c1-10(11,5-16-2)9-14-8(17-15-9)7-3-12-6-13-4-7/h3-4,6H,5,11H2,1-2H3. The van der Waals surface area contributed by atoms with Crippen LogP contribution in [-0.2, 0) is 10.3 Å². The van der Waals surface area contributed by atoms with Crippen molar-refractivity contribution in [3.8, 4) is 11.5 Å². The summed E-state index contributed by atoms with van der Waals surface area (Å²) in [7, 11) is 1.57. The predicted octanol–water partition coefficient (Wildman–Crippen LogP) is 0.347. The molecule has 1 unspecified atom stereocenters. The van der Waals surface area contributed by atoms with E-state index in [-0.39, 0.29) is 0 Å². The molecule has 0 aromatic carbocycles. The molecule has 17 heavy (non-hydrogen) atoms. The first-order valence-electron chi connectivity index (χ1n) is 5.01. The van der Waals surface area contributed by atoms with Gasteiger partial charge in [0, 0.05) is 19.5 Å². The van der Waals surface area contributed by atoms with Crippen LogP contribution in [0, 0.1) is 0 Å². The van der Waals surface area contributed by atoms with Gasteiger partial charge in [-0.2, -0.15) is 4.98 Å². The minimum atomic E-state index is -0.786. The summed E-state index contributed by atoms with van der Waals surface area (Å²) in [5.41, 5.74) is 5.87. The second kappa shape index (κ2) is 4.56. The van der Waals surface area contributed by atoms with Crippen molar-refractivity contribution < 1.29 is 9.26 Å². The summed E-state index contributed by atoms with van der Waals surface area (Å²) in [4.78, 5) is 12.0.